The zero-order valence-electron chi connectivity index (χ0n) is 12.8. The lowest BCUT2D eigenvalue weighted by Gasteiger charge is -2.29. The molecule has 2 aromatic rings. The molecule has 0 aliphatic carbocycles. The highest BCUT2D eigenvalue weighted by Gasteiger charge is 2.35. The summed E-state index contributed by atoms with van der Waals surface area (Å²) in [6, 6.07) is 9.02. The van der Waals surface area contributed by atoms with E-state index in [4.69, 9.17) is 0 Å². The van der Waals surface area contributed by atoms with Gasteiger partial charge in [-0.2, -0.15) is 0 Å². The van der Waals surface area contributed by atoms with E-state index in [1.165, 1.54) is 4.90 Å². The first-order valence-corrected chi connectivity index (χ1v) is 7.31. The molecular formula is C15H12N4O6. The van der Waals surface area contributed by atoms with Crippen LogP contribution in [0, 0.1) is 30.3 Å². The molecule has 0 atom stereocenters. The standard InChI is InChI=1S/C15H12N4O6/c20-17(21)12-7-13(18(22)23)15(14(8-12)19(24)25)16-6-5-10-3-1-2-4-11(10)9-16/h1-4,7-8H,5-6,9H2. The summed E-state index contributed by atoms with van der Waals surface area (Å²) in [4.78, 5) is 32.7. The maximum Gasteiger partial charge on any atom is 0.306 e. The molecule has 3 rings (SSSR count). The van der Waals surface area contributed by atoms with Crippen LogP contribution in [0.2, 0.25) is 0 Å². The smallest absolute Gasteiger partial charge is 0.306 e. The quantitative estimate of drug-likeness (QED) is 0.615. The van der Waals surface area contributed by atoms with Crippen LogP contribution in [0.4, 0.5) is 22.7 Å². The third-order valence-electron chi connectivity index (χ3n) is 4.11. The third kappa shape index (κ3) is 2.96. The molecule has 0 bridgehead atoms. The zero-order chi connectivity index (χ0) is 18.1. The van der Waals surface area contributed by atoms with Crippen molar-refractivity contribution in [1.29, 1.82) is 0 Å². The van der Waals surface area contributed by atoms with Crippen molar-refractivity contribution in [1.82, 2.24) is 0 Å². The number of nitro benzene ring substituents is 3. The average Bonchev–Trinajstić information content (AvgIpc) is 2.59. The molecule has 0 saturated heterocycles. The van der Waals surface area contributed by atoms with Crippen LogP contribution in [0.15, 0.2) is 36.4 Å². The van der Waals surface area contributed by atoms with E-state index in [0.29, 0.717) is 13.0 Å². The minimum absolute atomic E-state index is 0.199. The van der Waals surface area contributed by atoms with Gasteiger partial charge in [0.05, 0.1) is 26.9 Å². The van der Waals surface area contributed by atoms with E-state index in [1.807, 2.05) is 24.3 Å². The number of benzene rings is 2. The molecule has 10 heteroatoms. The zero-order valence-corrected chi connectivity index (χ0v) is 12.8. The van der Waals surface area contributed by atoms with Crippen molar-refractivity contribution < 1.29 is 14.8 Å². The molecule has 1 heterocycles. The van der Waals surface area contributed by atoms with Gasteiger partial charge >= 0.3 is 11.4 Å². The second-order valence-corrected chi connectivity index (χ2v) is 5.54. The summed E-state index contributed by atoms with van der Waals surface area (Å²) in [6.07, 6.45) is 0.571. The highest BCUT2D eigenvalue weighted by molar-refractivity contribution is 5.78. The number of hydrogen-bond donors (Lipinski definition) is 0. The fraction of sp³-hybridized carbons (Fsp3) is 0.200. The molecule has 0 spiro atoms. The molecular weight excluding hydrogens is 332 g/mol. The fourth-order valence-electron chi connectivity index (χ4n) is 2.98. The Morgan fingerprint density at radius 1 is 0.840 bits per heavy atom. The Balaban J connectivity index is 2.16. The van der Waals surface area contributed by atoms with Crippen LogP contribution in [-0.4, -0.2) is 21.3 Å². The average molecular weight is 344 g/mol. The van der Waals surface area contributed by atoms with Gasteiger partial charge in [-0.1, -0.05) is 24.3 Å². The molecule has 0 radical (unpaired) electrons. The molecule has 1 aliphatic heterocycles. The van der Waals surface area contributed by atoms with Gasteiger partial charge < -0.3 is 4.90 Å². The Bertz CT molecular complexity index is 862. The second kappa shape index (κ2) is 6.15. The van der Waals surface area contributed by atoms with Crippen LogP contribution >= 0.6 is 0 Å². The molecule has 0 amide bonds. The minimum Gasteiger partial charge on any atom is -0.356 e. The number of rotatable bonds is 4. The van der Waals surface area contributed by atoms with Crippen LogP contribution in [-0.2, 0) is 13.0 Å². The predicted octanol–water partition coefficient (Wildman–Crippen LogP) is 2.97. The molecule has 10 nitrogen and oxygen atoms in total. The molecule has 0 fully saturated rings. The summed E-state index contributed by atoms with van der Waals surface area (Å²) in [5.41, 5.74) is -0.170. The van der Waals surface area contributed by atoms with E-state index in [1.54, 1.807) is 0 Å². The SMILES string of the molecule is O=[N+]([O-])c1cc([N+](=O)[O-])c(N2CCc3ccccc3C2)c([N+](=O)[O-])c1. The van der Waals surface area contributed by atoms with Crippen molar-refractivity contribution in [2.75, 3.05) is 11.4 Å². The predicted molar refractivity (Wildman–Crippen MR) is 87.6 cm³/mol. The lowest BCUT2D eigenvalue weighted by molar-refractivity contribution is -0.402. The molecule has 0 N–H and O–H groups in total. The van der Waals surface area contributed by atoms with Crippen LogP contribution < -0.4 is 4.90 Å². The highest BCUT2D eigenvalue weighted by atomic mass is 16.6. The lowest BCUT2D eigenvalue weighted by atomic mass is 9.99. The summed E-state index contributed by atoms with van der Waals surface area (Å²) < 4.78 is 0. The van der Waals surface area contributed by atoms with E-state index in [-0.39, 0.29) is 12.2 Å². The van der Waals surface area contributed by atoms with Gasteiger partial charge in [0, 0.05) is 13.1 Å². The van der Waals surface area contributed by atoms with Crippen molar-refractivity contribution in [2.24, 2.45) is 0 Å². The van der Waals surface area contributed by atoms with Gasteiger partial charge in [0.2, 0.25) is 0 Å². The monoisotopic (exact) mass is 344 g/mol. The Kier molecular flexibility index (Phi) is 4.01. The van der Waals surface area contributed by atoms with Gasteiger partial charge in [-0.25, -0.2) is 0 Å². The van der Waals surface area contributed by atoms with Gasteiger partial charge in [0.1, 0.15) is 0 Å². The Morgan fingerprint density at radius 3 is 1.92 bits per heavy atom. The summed E-state index contributed by atoms with van der Waals surface area (Å²) in [5, 5.41) is 33.7. The largest absolute Gasteiger partial charge is 0.356 e. The number of hydrogen-bond acceptors (Lipinski definition) is 7. The maximum absolute atomic E-state index is 11.4. The Morgan fingerprint density at radius 2 is 1.40 bits per heavy atom. The fourth-order valence-corrected chi connectivity index (χ4v) is 2.98. The summed E-state index contributed by atoms with van der Waals surface area (Å²) in [6.45, 7) is 0.603. The molecule has 128 valence electrons. The minimum atomic E-state index is -0.880. The first-order chi connectivity index (χ1) is 11.9. The first-order valence-electron chi connectivity index (χ1n) is 7.31. The number of non-ortho nitro benzene ring substituents is 1. The second-order valence-electron chi connectivity index (χ2n) is 5.54. The number of nitrogens with zero attached hydrogens (tertiary/aromatic N) is 4. The van der Waals surface area contributed by atoms with Crippen LogP contribution in [0.1, 0.15) is 11.1 Å². The van der Waals surface area contributed by atoms with Gasteiger partial charge in [0.15, 0.2) is 5.69 Å². The topological polar surface area (TPSA) is 133 Å². The van der Waals surface area contributed by atoms with Crippen molar-refractivity contribution in [2.45, 2.75) is 13.0 Å². The van der Waals surface area contributed by atoms with E-state index in [2.05, 4.69) is 0 Å². The van der Waals surface area contributed by atoms with Crippen LogP contribution in [0.5, 0.6) is 0 Å². The van der Waals surface area contributed by atoms with E-state index >= 15 is 0 Å². The van der Waals surface area contributed by atoms with Crippen LogP contribution in [0.25, 0.3) is 0 Å². The van der Waals surface area contributed by atoms with Crippen molar-refractivity contribution in [3.8, 4) is 0 Å². The van der Waals surface area contributed by atoms with Crippen molar-refractivity contribution >= 4 is 22.7 Å². The highest BCUT2D eigenvalue weighted by Crippen LogP contribution is 2.42. The molecule has 0 aromatic heterocycles. The van der Waals surface area contributed by atoms with Gasteiger partial charge in [0.25, 0.3) is 5.69 Å². The molecule has 0 unspecified atom stereocenters. The first kappa shape index (κ1) is 16.3. The number of fused-ring (bicyclic) bond motifs is 1. The summed E-state index contributed by atoms with van der Waals surface area (Å²) >= 11 is 0. The number of nitro groups is 3. The van der Waals surface area contributed by atoms with E-state index < -0.39 is 31.8 Å². The number of anilines is 1. The summed E-state index contributed by atoms with van der Waals surface area (Å²) in [5.74, 6) is 0. The molecule has 1 aliphatic rings. The van der Waals surface area contributed by atoms with Crippen molar-refractivity contribution in [3.05, 3.63) is 77.9 Å². The normalized spacial score (nSPS) is 13.2. The van der Waals surface area contributed by atoms with Crippen molar-refractivity contribution in [3.63, 3.8) is 0 Å². The summed E-state index contributed by atoms with van der Waals surface area (Å²) in [7, 11) is 0. The molecule has 2 aromatic carbocycles. The molecule has 0 saturated carbocycles. The van der Waals surface area contributed by atoms with E-state index in [9.17, 15) is 30.3 Å². The van der Waals surface area contributed by atoms with E-state index in [0.717, 1.165) is 23.3 Å². The van der Waals surface area contributed by atoms with Gasteiger partial charge in [-0.3, -0.25) is 30.3 Å². The third-order valence-corrected chi connectivity index (χ3v) is 4.11. The van der Waals surface area contributed by atoms with Crippen LogP contribution in [0.3, 0.4) is 0 Å². The molecule has 25 heavy (non-hydrogen) atoms. The Hall–Kier alpha value is -3.56. The Labute approximate surface area is 140 Å². The van der Waals surface area contributed by atoms with Gasteiger partial charge in [-0.05, 0) is 17.5 Å². The van der Waals surface area contributed by atoms with Gasteiger partial charge in [-0.15, -0.1) is 0 Å². The maximum atomic E-state index is 11.4. The lowest BCUT2D eigenvalue weighted by Crippen LogP contribution is -2.31.